The van der Waals surface area contributed by atoms with E-state index >= 15 is 0 Å². The van der Waals surface area contributed by atoms with Gasteiger partial charge in [-0.2, -0.15) is 0 Å². The summed E-state index contributed by atoms with van der Waals surface area (Å²) in [7, 11) is 0. The predicted octanol–water partition coefficient (Wildman–Crippen LogP) is 2.34. The maximum Gasteiger partial charge on any atom is 0.269 e. The average Bonchev–Trinajstić information content (AvgIpc) is 3.43. The number of amides is 2. The van der Waals surface area contributed by atoms with Gasteiger partial charge in [0.1, 0.15) is 5.69 Å². The van der Waals surface area contributed by atoms with Gasteiger partial charge >= 0.3 is 0 Å². The predicted molar refractivity (Wildman–Crippen MR) is 91.8 cm³/mol. The second-order valence-corrected chi connectivity index (χ2v) is 6.02. The fraction of sp³-hybridized carbons (Fsp3) is 0.316. The number of carbonyl (C=O) groups is 2. The van der Waals surface area contributed by atoms with E-state index < -0.39 is 0 Å². The Bertz CT molecular complexity index is 712. The number of hydrogen-bond donors (Lipinski definition) is 2. The summed E-state index contributed by atoms with van der Waals surface area (Å²) in [6.07, 6.45) is 5.34. The van der Waals surface area contributed by atoms with Crippen molar-refractivity contribution in [2.24, 2.45) is 0 Å². The van der Waals surface area contributed by atoms with Crippen molar-refractivity contribution in [3.63, 3.8) is 0 Å². The number of nitrogens with one attached hydrogen (secondary N) is 2. The molecule has 1 heterocycles. The van der Waals surface area contributed by atoms with Gasteiger partial charge < -0.3 is 10.6 Å². The molecule has 0 spiro atoms. The van der Waals surface area contributed by atoms with Gasteiger partial charge in [-0.15, -0.1) is 0 Å². The van der Waals surface area contributed by atoms with E-state index in [4.69, 9.17) is 0 Å². The summed E-state index contributed by atoms with van der Waals surface area (Å²) in [5.41, 5.74) is 2.01. The first-order chi connectivity index (χ1) is 11.7. The van der Waals surface area contributed by atoms with E-state index in [1.165, 1.54) is 11.8 Å². The molecule has 0 saturated heterocycles. The number of rotatable bonds is 7. The minimum atomic E-state index is -0.246. The second kappa shape index (κ2) is 7.73. The molecule has 0 bridgehead atoms. The van der Waals surface area contributed by atoms with Crippen LogP contribution in [0, 0.1) is 0 Å². The zero-order valence-electron chi connectivity index (χ0n) is 13.5. The van der Waals surface area contributed by atoms with Crippen molar-refractivity contribution in [2.45, 2.75) is 31.7 Å². The minimum Gasteiger partial charge on any atom is -0.351 e. The van der Waals surface area contributed by atoms with Crippen LogP contribution in [-0.4, -0.2) is 29.4 Å². The number of benzene rings is 1. The molecule has 2 N–H and O–H groups in total. The van der Waals surface area contributed by atoms with Crippen LogP contribution in [0.5, 0.6) is 0 Å². The van der Waals surface area contributed by atoms with Crippen LogP contribution in [0.1, 0.15) is 45.7 Å². The molecule has 1 saturated carbocycles. The molecule has 0 unspecified atom stereocenters. The van der Waals surface area contributed by atoms with E-state index in [0.29, 0.717) is 18.2 Å². The lowest BCUT2D eigenvalue weighted by Gasteiger charge is -2.07. The molecule has 1 aromatic heterocycles. The summed E-state index contributed by atoms with van der Waals surface area (Å²) in [4.78, 5) is 28.2. The monoisotopic (exact) mass is 323 g/mol. The molecule has 5 nitrogen and oxygen atoms in total. The van der Waals surface area contributed by atoms with Crippen molar-refractivity contribution in [3.8, 4) is 0 Å². The Morgan fingerprint density at radius 3 is 2.62 bits per heavy atom. The molecule has 0 aliphatic heterocycles. The highest BCUT2D eigenvalue weighted by Crippen LogP contribution is 2.19. The van der Waals surface area contributed by atoms with Crippen LogP contribution in [0.15, 0.2) is 48.7 Å². The summed E-state index contributed by atoms with van der Waals surface area (Å²) >= 11 is 0. The summed E-state index contributed by atoms with van der Waals surface area (Å²) in [5.74, 6) is -0.387. The van der Waals surface area contributed by atoms with Gasteiger partial charge in [-0.25, -0.2) is 0 Å². The van der Waals surface area contributed by atoms with Crippen molar-refractivity contribution >= 4 is 11.8 Å². The minimum absolute atomic E-state index is 0.141. The Hall–Kier alpha value is -2.69. The van der Waals surface area contributed by atoms with Gasteiger partial charge in [0.15, 0.2) is 0 Å². The molecule has 24 heavy (non-hydrogen) atoms. The van der Waals surface area contributed by atoms with E-state index in [2.05, 4.69) is 27.8 Å². The lowest BCUT2D eigenvalue weighted by molar-refractivity contribution is 0.0948. The Balaban J connectivity index is 1.48. The quantitative estimate of drug-likeness (QED) is 0.768. The third kappa shape index (κ3) is 4.65. The first-order valence-corrected chi connectivity index (χ1v) is 8.31. The maximum atomic E-state index is 12.2. The molecule has 0 radical (unpaired) electrons. The normalized spacial score (nSPS) is 13.3. The number of nitrogens with zero attached hydrogens (tertiary/aromatic N) is 1. The summed E-state index contributed by atoms with van der Waals surface area (Å²) in [6, 6.07) is 13.6. The van der Waals surface area contributed by atoms with Crippen LogP contribution in [0.3, 0.4) is 0 Å². The smallest absolute Gasteiger partial charge is 0.269 e. The number of aromatic nitrogens is 1. The third-order valence-corrected chi connectivity index (χ3v) is 3.94. The van der Waals surface area contributed by atoms with Crippen LogP contribution in [0.25, 0.3) is 0 Å². The largest absolute Gasteiger partial charge is 0.351 e. The fourth-order valence-corrected chi connectivity index (χ4v) is 2.42. The van der Waals surface area contributed by atoms with Gasteiger partial charge in [-0.3, -0.25) is 14.6 Å². The summed E-state index contributed by atoms with van der Waals surface area (Å²) in [5, 5.41) is 5.76. The molecule has 2 aromatic rings. The highest BCUT2D eigenvalue weighted by molar-refractivity contribution is 5.98. The highest BCUT2D eigenvalue weighted by Gasteiger charge is 2.24. The van der Waals surface area contributed by atoms with Gasteiger partial charge in [0.25, 0.3) is 11.8 Å². The Morgan fingerprint density at radius 1 is 1.08 bits per heavy atom. The van der Waals surface area contributed by atoms with Crippen LogP contribution < -0.4 is 10.6 Å². The van der Waals surface area contributed by atoms with Crippen LogP contribution in [-0.2, 0) is 6.42 Å². The Morgan fingerprint density at radius 2 is 1.88 bits per heavy atom. The second-order valence-electron chi connectivity index (χ2n) is 6.02. The molecular weight excluding hydrogens is 302 g/mol. The van der Waals surface area contributed by atoms with Crippen LogP contribution in [0.2, 0.25) is 0 Å². The van der Waals surface area contributed by atoms with Crippen molar-refractivity contribution in [2.75, 3.05) is 6.54 Å². The molecule has 3 rings (SSSR count). The Labute approximate surface area is 141 Å². The maximum absolute atomic E-state index is 12.2. The number of pyridine rings is 1. The van der Waals surface area contributed by atoms with Crippen LogP contribution in [0.4, 0.5) is 0 Å². The summed E-state index contributed by atoms with van der Waals surface area (Å²) < 4.78 is 0. The molecule has 5 heteroatoms. The molecule has 0 atom stereocenters. The molecule has 1 aromatic carbocycles. The number of aryl methyl sites for hydroxylation is 1. The fourth-order valence-electron chi connectivity index (χ4n) is 2.42. The molecule has 2 amide bonds. The molecule has 124 valence electrons. The lowest BCUT2D eigenvalue weighted by Crippen LogP contribution is -2.28. The Kier molecular flexibility index (Phi) is 5.21. The van der Waals surface area contributed by atoms with E-state index in [-0.39, 0.29) is 17.5 Å². The van der Waals surface area contributed by atoms with Gasteiger partial charge in [0, 0.05) is 24.3 Å². The number of carbonyl (C=O) groups excluding carboxylic acids is 2. The number of hydrogen-bond acceptors (Lipinski definition) is 3. The first-order valence-electron chi connectivity index (χ1n) is 8.31. The van der Waals surface area contributed by atoms with Crippen LogP contribution >= 0.6 is 0 Å². The van der Waals surface area contributed by atoms with Crippen molar-refractivity contribution in [1.29, 1.82) is 0 Å². The van der Waals surface area contributed by atoms with E-state index in [1.807, 2.05) is 18.2 Å². The van der Waals surface area contributed by atoms with E-state index in [0.717, 1.165) is 25.7 Å². The van der Waals surface area contributed by atoms with E-state index in [9.17, 15) is 9.59 Å². The molecule has 1 fully saturated rings. The van der Waals surface area contributed by atoms with Crippen molar-refractivity contribution in [1.82, 2.24) is 15.6 Å². The van der Waals surface area contributed by atoms with Crippen molar-refractivity contribution < 1.29 is 9.59 Å². The van der Waals surface area contributed by atoms with Crippen molar-refractivity contribution in [3.05, 3.63) is 65.5 Å². The zero-order chi connectivity index (χ0) is 16.8. The average molecular weight is 323 g/mol. The molecular formula is C19H21N3O2. The first kappa shape index (κ1) is 16.2. The van der Waals surface area contributed by atoms with Gasteiger partial charge in [-0.1, -0.05) is 30.3 Å². The third-order valence-electron chi connectivity index (χ3n) is 3.94. The lowest BCUT2D eigenvalue weighted by atomic mass is 10.1. The van der Waals surface area contributed by atoms with Gasteiger partial charge in [0.05, 0.1) is 0 Å². The molecule has 1 aliphatic carbocycles. The van der Waals surface area contributed by atoms with E-state index in [1.54, 1.807) is 12.1 Å². The summed E-state index contributed by atoms with van der Waals surface area (Å²) in [6.45, 7) is 0.577. The standard InChI is InChI=1S/C19H21N3O2/c23-18(22-16-8-9-16)15-10-12-20-17(13-15)19(24)21-11-4-7-14-5-2-1-3-6-14/h1-3,5-6,10,12-13,16H,4,7-9,11H2,(H,21,24)(H,22,23). The SMILES string of the molecule is O=C(NC1CC1)c1ccnc(C(=O)NCCCc2ccccc2)c1. The topological polar surface area (TPSA) is 71.1 Å². The molecule has 1 aliphatic rings. The zero-order valence-corrected chi connectivity index (χ0v) is 13.5. The van der Waals surface area contributed by atoms with Gasteiger partial charge in [0.2, 0.25) is 0 Å². The highest BCUT2D eigenvalue weighted by atomic mass is 16.2. The van der Waals surface area contributed by atoms with Gasteiger partial charge in [-0.05, 0) is 43.4 Å².